The summed E-state index contributed by atoms with van der Waals surface area (Å²) in [5, 5.41) is 8.81. The number of benzene rings is 1. The zero-order chi connectivity index (χ0) is 21.1. The number of piperidine rings is 1. The van der Waals surface area contributed by atoms with Gasteiger partial charge in [0.1, 0.15) is 12.6 Å². The van der Waals surface area contributed by atoms with E-state index in [0.29, 0.717) is 25.3 Å². The molecule has 3 amide bonds. The van der Waals surface area contributed by atoms with Crippen LogP contribution in [-0.2, 0) is 14.4 Å². The van der Waals surface area contributed by atoms with E-state index in [1.54, 1.807) is 6.08 Å². The zero-order valence-electron chi connectivity index (χ0n) is 16.5. The lowest BCUT2D eigenvalue weighted by Crippen LogP contribution is -2.51. The highest BCUT2D eigenvalue weighted by molar-refractivity contribution is 8.18. The van der Waals surface area contributed by atoms with Gasteiger partial charge in [-0.1, -0.05) is 38.1 Å². The van der Waals surface area contributed by atoms with Gasteiger partial charge >= 0.3 is 5.97 Å². The Morgan fingerprint density at radius 1 is 1.21 bits per heavy atom. The third-order valence-electron chi connectivity index (χ3n) is 5.18. The van der Waals surface area contributed by atoms with Gasteiger partial charge in [-0.25, -0.2) is 4.79 Å². The van der Waals surface area contributed by atoms with Crippen LogP contribution in [0.15, 0.2) is 29.2 Å². The number of hydrogen-bond donors (Lipinski definition) is 1. The molecule has 2 fully saturated rings. The molecule has 1 atom stereocenters. The summed E-state index contributed by atoms with van der Waals surface area (Å²) in [4.78, 5) is 51.4. The molecule has 2 heterocycles. The Bertz CT molecular complexity index is 862. The fourth-order valence-corrected chi connectivity index (χ4v) is 4.32. The monoisotopic (exact) mass is 416 g/mol. The van der Waals surface area contributed by atoms with E-state index in [4.69, 9.17) is 0 Å². The average molecular weight is 416 g/mol. The van der Waals surface area contributed by atoms with Crippen molar-refractivity contribution < 1.29 is 24.3 Å². The van der Waals surface area contributed by atoms with Crippen LogP contribution >= 0.6 is 11.8 Å². The number of rotatable bonds is 5. The second-order valence-electron chi connectivity index (χ2n) is 7.53. The minimum atomic E-state index is -1.06. The average Bonchev–Trinajstić information content (AvgIpc) is 2.95. The first-order valence-corrected chi connectivity index (χ1v) is 10.5. The summed E-state index contributed by atoms with van der Waals surface area (Å²) in [6, 6.07) is 6.84. The number of amides is 3. The number of carboxylic acid groups (broad SMARTS) is 1. The number of likely N-dealkylation sites (tertiary alicyclic amines) is 1. The predicted molar refractivity (Wildman–Crippen MR) is 110 cm³/mol. The van der Waals surface area contributed by atoms with Crippen molar-refractivity contribution in [3.8, 4) is 0 Å². The third kappa shape index (κ3) is 4.70. The van der Waals surface area contributed by atoms with E-state index < -0.39 is 35.6 Å². The van der Waals surface area contributed by atoms with Crippen LogP contribution in [0.25, 0.3) is 6.08 Å². The smallest absolute Gasteiger partial charge is 0.326 e. The van der Waals surface area contributed by atoms with Gasteiger partial charge in [-0.15, -0.1) is 0 Å². The molecule has 0 saturated carbocycles. The first-order chi connectivity index (χ1) is 13.8. The van der Waals surface area contributed by atoms with Gasteiger partial charge in [-0.3, -0.25) is 19.3 Å². The van der Waals surface area contributed by atoms with Crippen LogP contribution in [0.5, 0.6) is 0 Å². The number of aliphatic carboxylic acids is 1. The van der Waals surface area contributed by atoms with E-state index in [0.717, 1.165) is 28.6 Å². The molecule has 8 heteroatoms. The van der Waals surface area contributed by atoms with Crippen molar-refractivity contribution in [2.24, 2.45) is 0 Å². The molecule has 154 valence electrons. The Morgan fingerprint density at radius 3 is 2.52 bits per heavy atom. The molecule has 29 heavy (non-hydrogen) atoms. The summed E-state index contributed by atoms with van der Waals surface area (Å²) >= 11 is 0.794. The molecule has 2 saturated heterocycles. The molecule has 1 aromatic rings. The lowest BCUT2D eigenvalue weighted by Gasteiger charge is -2.33. The van der Waals surface area contributed by atoms with Crippen LogP contribution in [0.4, 0.5) is 4.79 Å². The number of nitrogens with zero attached hydrogens (tertiary/aromatic N) is 2. The fourth-order valence-electron chi connectivity index (χ4n) is 3.48. The summed E-state index contributed by atoms with van der Waals surface area (Å²) in [6.45, 7) is 4.07. The molecule has 3 rings (SSSR count). The van der Waals surface area contributed by atoms with Gasteiger partial charge in [-0.05, 0) is 54.1 Å². The molecule has 0 aliphatic carbocycles. The first-order valence-electron chi connectivity index (χ1n) is 9.65. The lowest BCUT2D eigenvalue weighted by molar-refractivity contribution is -0.152. The van der Waals surface area contributed by atoms with Crippen LogP contribution in [-0.4, -0.2) is 57.1 Å². The second kappa shape index (κ2) is 8.82. The van der Waals surface area contributed by atoms with Crippen molar-refractivity contribution >= 4 is 40.9 Å². The van der Waals surface area contributed by atoms with Crippen molar-refractivity contribution in [2.75, 3.05) is 13.1 Å². The summed E-state index contributed by atoms with van der Waals surface area (Å²) in [5.74, 6) is -1.70. The van der Waals surface area contributed by atoms with E-state index in [-0.39, 0.29) is 4.91 Å². The molecule has 1 aromatic carbocycles. The summed E-state index contributed by atoms with van der Waals surface area (Å²) in [6.07, 6.45) is 3.47. The second-order valence-corrected chi connectivity index (χ2v) is 8.52. The van der Waals surface area contributed by atoms with Gasteiger partial charge in [0.15, 0.2) is 0 Å². The molecule has 0 radical (unpaired) electrons. The number of carbonyl (C=O) groups excluding carboxylic acids is 3. The Labute approximate surface area is 173 Å². The number of carboxylic acids is 1. The van der Waals surface area contributed by atoms with E-state index in [1.807, 2.05) is 24.3 Å². The Hall–Kier alpha value is -2.61. The highest BCUT2D eigenvalue weighted by Crippen LogP contribution is 2.32. The lowest BCUT2D eigenvalue weighted by atomic mass is 10.0. The van der Waals surface area contributed by atoms with Crippen molar-refractivity contribution in [2.45, 2.75) is 45.1 Å². The maximum atomic E-state index is 12.7. The number of hydrogen-bond acceptors (Lipinski definition) is 5. The molecular formula is C21H24N2O5S. The maximum absolute atomic E-state index is 12.7. The summed E-state index contributed by atoms with van der Waals surface area (Å²) < 4.78 is 0. The fraction of sp³-hybridized carbons (Fsp3) is 0.429. The van der Waals surface area contributed by atoms with Crippen LogP contribution in [0.1, 0.15) is 50.2 Å². The molecule has 1 N–H and O–H groups in total. The molecule has 0 bridgehead atoms. The molecule has 1 unspecified atom stereocenters. The van der Waals surface area contributed by atoms with Gasteiger partial charge in [0.05, 0.1) is 4.91 Å². The molecular weight excluding hydrogens is 392 g/mol. The number of imide groups is 1. The zero-order valence-corrected chi connectivity index (χ0v) is 17.3. The molecule has 0 spiro atoms. The van der Waals surface area contributed by atoms with E-state index in [9.17, 15) is 24.3 Å². The third-order valence-corrected chi connectivity index (χ3v) is 6.08. The standard InChI is InChI=1S/C21H24N2O5S/c1-13(2)15-8-6-14(7-9-15)11-17-19(25)23(21(28)29-17)12-18(24)22-10-4-3-5-16(22)20(26)27/h6-9,11,13,16H,3-5,10,12H2,1-2H3,(H,26,27). The maximum Gasteiger partial charge on any atom is 0.326 e. The topological polar surface area (TPSA) is 95.0 Å². The Kier molecular flexibility index (Phi) is 6.42. The Morgan fingerprint density at radius 2 is 1.90 bits per heavy atom. The van der Waals surface area contributed by atoms with Crippen LogP contribution in [0, 0.1) is 0 Å². The minimum absolute atomic E-state index is 0.258. The van der Waals surface area contributed by atoms with Crippen molar-refractivity contribution in [1.82, 2.24) is 9.80 Å². The number of carbonyl (C=O) groups is 4. The van der Waals surface area contributed by atoms with Crippen molar-refractivity contribution in [3.05, 3.63) is 40.3 Å². The predicted octanol–water partition coefficient (Wildman–Crippen LogP) is 3.31. The van der Waals surface area contributed by atoms with Crippen molar-refractivity contribution in [3.63, 3.8) is 0 Å². The first kappa shape index (κ1) is 21.1. The molecule has 2 aliphatic rings. The Balaban J connectivity index is 1.71. The molecule has 2 aliphatic heterocycles. The SMILES string of the molecule is CC(C)c1ccc(C=C2SC(=O)N(CC(=O)N3CCCCC3C(=O)O)C2=O)cc1. The number of thioether (sulfide) groups is 1. The molecule has 7 nitrogen and oxygen atoms in total. The van der Waals surface area contributed by atoms with Gasteiger partial charge < -0.3 is 10.0 Å². The van der Waals surface area contributed by atoms with Gasteiger partial charge in [0, 0.05) is 6.54 Å². The van der Waals surface area contributed by atoms with Gasteiger partial charge in [0.2, 0.25) is 5.91 Å². The normalized spacial score (nSPS) is 21.3. The van der Waals surface area contributed by atoms with Crippen LogP contribution in [0.2, 0.25) is 0 Å². The van der Waals surface area contributed by atoms with E-state index >= 15 is 0 Å². The van der Waals surface area contributed by atoms with Crippen LogP contribution < -0.4 is 0 Å². The quantitative estimate of drug-likeness (QED) is 0.740. The van der Waals surface area contributed by atoms with Crippen LogP contribution in [0.3, 0.4) is 0 Å². The highest BCUT2D eigenvalue weighted by Gasteiger charge is 2.39. The van der Waals surface area contributed by atoms with Gasteiger partial charge in [0.25, 0.3) is 11.1 Å². The molecule has 0 aromatic heterocycles. The van der Waals surface area contributed by atoms with Crippen molar-refractivity contribution in [1.29, 1.82) is 0 Å². The van der Waals surface area contributed by atoms with E-state index in [1.165, 1.54) is 10.5 Å². The minimum Gasteiger partial charge on any atom is -0.480 e. The van der Waals surface area contributed by atoms with E-state index in [2.05, 4.69) is 13.8 Å². The van der Waals surface area contributed by atoms with Gasteiger partial charge in [-0.2, -0.15) is 0 Å². The largest absolute Gasteiger partial charge is 0.480 e. The summed E-state index contributed by atoms with van der Waals surface area (Å²) in [7, 11) is 0. The summed E-state index contributed by atoms with van der Waals surface area (Å²) in [5.41, 5.74) is 1.98. The highest BCUT2D eigenvalue weighted by atomic mass is 32.2.